The van der Waals surface area contributed by atoms with Gasteiger partial charge in [0.1, 0.15) is 11.6 Å². The fourth-order valence-corrected chi connectivity index (χ4v) is 1.57. The van der Waals surface area contributed by atoms with E-state index in [1.54, 1.807) is 7.05 Å². The molecule has 0 unspecified atom stereocenters. The summed E-state index contributed by atoms with van der Waals surface area (Å²) in [4.78, 5) is 14.8. The third kappa shape index (κ3) is 6.17. The van der Waals surface area contributed by atoms with Gasteiger partial charge in [0.2, 0.25) is 11.8 Å². The van der Waals surface area contributed by atoms with Crippen LogP contribution in [0.3, 0.4) is 0 Å². The topological polar surface area (TPSA) is 63.2 Å². The Hall–Kier alpha value is -1.54. The zero-order chi connectivity index (χ0) is 15.9. The first-order chi connectivity index (χ1) is 9.84. The van der Waals surface area contributed by atoms with E-state index in [2.05, 4.69) is 15.6 Å². The molecule has 9 heteroatoms. The number of halogens is 4. The van der Waals surface area contributed by atoms with Gasteiger partial charge in [-0.05, 0) is 13.1 Å². The Labute approximate surface area is 124 Å². The van der Waals surface area contributed by atoms with Crippen LogP contribution >= 0.6 is 11.6 Å². The average Bonchev–Trinajstić information content (AvgIpc) is 2.41. The van der Waals surface area contributed by atoms with Gasteiger partial charge in [0, 0.05) is 19.2 Å². The number of alkyl halides is 3. The molecule has 0 aliphatic carbocycles. The maximum atomic E-state index is 12.4. The number of hydrogen-bond donors (Lipinski definition) is 2. The number of nitrogens with one attached hydrogen (secondary N) is 2. The average molecular weight is 326 g/mol. The summed E-state index contributed by atoms with van der Waals surface area (Å²) in [6.07, 6.45) is -3.53. The van der Waals surface area contributed by atoms with Gasteiger partial charge in [-0.3, -0.25) is 4.79 Å². The van der Waals surface area contributed by atoms with E-state index < -0.39 is 11.7 Å². The first-order valence-electron chi connectivity index (χ1n) is 6.11. The Morgan fingerprint density at radius 2 is 2.14 bits per heavy atom. The van der Waals surface area contributed by atoms with Crippen LogP contribution in [0.25, 0.3) is 0 Å². The van der Waals surface area contributed by atoms with Crippen molar-refractivity contribution in [3.05, 3.63) is 22.8 Å². The minimum atomic E-state index is -4.50. The molecule has 0 saturated heterocycles. The molecule has 2 N–H and O–H groups in total. The number of amides is 1. The molecule has 0 aromatic carbocycles. The third-order valence-corrected chi connectivity index (χ3v) is 2.67. The van der Waals surface area contributed by atoms with Crippen molar-refractivity contribution in [3.8, 4) is 5.88 Å². The minimum absolute atomic E-state index is 0.0589. The lowest BCUT2D eigenvalue weighted by Crippen LogP contribution is -2.30. The summed E-state index contributed by atoms with van der Waals surface area (Å²) in [7, 11) is 1.73. The highest BCUT2D eigenvalue weighted by Gasteiger charge is 2.31. The van der Waals surface area contributed by atoms with Crippen LogP contribution in [-0.2, 0) is 11.0 Å². The molecular weight excluding hydrogens is 311 g/mol. The van der Waals surface area contributed by atoms with Crippen LogP contribution < -0.4 is 15.4 Å². The van der Waals surface area contributed by atoms with Crippen molar-refractivity contribution < 1.29 is 22.7 Å². The Morgan fingerprint density at radius 3 is 2.71 bits per heavy atom. The molecule has 1 aromatic rings. The molecule has 118 valence electrons. The van der Waals surface area contributed by atoms with E-state index in [0.717, 1.165) is 6.07 Å². The molecule has 0 saturated carbocycles. The van der Waals surface area contributed by atoms with Crippen LogP contribution in [0, 0.1) is 0 Å². The van der Waals surface area contributed by atoms with Gasteiger partial charge in [0.15, 0.2) is 0 Å². The molecule has 1 rings (SSSR count). The van der Waals surface area contributed by atoms with Crippen molar-refractivity contribution in [1.29, 1.82) is 0 Å². The van der Waals surface area contributed by atoms with Gasteiger partial charge in [-0.2, -0.15) is 13.2 Å². The molecule has 1 heterocycles. The number of hydrogen-bond acceptors (Lipinski definition) is 4. The highest BCUT2D eigenvalue weighted by molar-refractivity contribution is 6.31. The second-order valence-corrected chi connectivity index (χ2v) is 4.47. The van der Waals surface area contributed by atoms with E-state index in [1.165, 1.54) is 0 Å². The van der Waals surface area contributed by atoms with Gasteiger partial charge in [-0.25, -0.2) is 4.98 Å². The Balaban J connectivity index is 2.41. The zero-order valence-corrected chi connectivity index (χ0v) is 12.0. The van der Waals surface area contributed by atoms with E-state index in [4.69, 9.17) is 16.3 Å². The molecule has 0 aliphatic heterocycles. The third-order valence-electron chi connectivity index (χ3n) is 2.40. The Bertz CT molecular complexity index is 483. The number of nitrogens with zero attached hydrogens (tertiary/aromatic N) is 1. The van der Waals surface area contributed by atoms with Gasteiger partial charge in [-0.15, -0.1) is 0 Å². The number of carbonyl (C=O) groups excluding carboxylic acids is 1. The summed E-state index contributed by atoms with van der Waals surface area (Å²) in [6, 6.07) is 0.745. The van der Waals surface area contributed by atoms with E-state index >= 15 is 0 Å². The fourth-order valence-electron chi connectivity index (χ4n) is 1.35. The monoisotopic (exact) mass is 325 g/mol. The van der Waals surface area contributed by atoms with Gasteiger partial charge in [-0.1, -0.05) is 11.6 Å². The van der Waals surface area contributed by atoms with Crippen molar-refractivity contribution in [3.63, 3.8) is 0 Å². The zero-order valence-electron chi connectivity index (χ0n) is 11.3. The van der Waals surface area contributed by atoms with Crippen LogP contribution in [0.2, 0.25) is 5.02 Å². The lowest BCUT2D eigenvalue weighted by Gasteiger charge is -2.10. The molecule has 5 nitrogen and oxygen atoms in total. The maximum absolute atomic E-state index is 12.4. The minimum Gasteiger partial charge on any atom is -0.475 e. The molecule has 1 aromatic heterocycles. The fraction of sp³-hybridized carbons (Fsp3) is 0.500. The number of rotatable bonds is 7. The summed E-state index contributed by atoms with van der Waals surface area (Å²) in [5.74, 6) is -0.256. The number of pyridine rings is 1. The van der Waals surface area contributed by atoms with Crippen LogP contribution in [0.4, 0.5) is 13.2 Å². The summed E-state index contributed by atoms with van der Waals surface area (Å²) < 4.78 is 42.3. The molecule has 0 aliphatic rings. The number of carbonyl (C=O) groups is 1. The molecule has 0 bridgehead atoms. The smallest absolute Gasteiger partial charge is 0.417 e. The molecule has 21 heavy (non-hydrogen) atoms. The van der Waals surface area contributed by atoms with Crippen LogP contribution in [0.5, 0.6) is 5.88 Å². The highest BCUT2D eigenvalue weighted by Crippen LogP contribution is 2.32. The standard InChI is InChI=1S/C12H15ClF3N3O2/c1-17-3-2-10(20)18-4-5-21-11-9(13)6-8(7-19-11)12(14,15)16/h6-7,17H,2-5H2,1H3,(H,18,20). The van der Waals surface area contributed by atoms with E-state index in [1.807, 2.05) is 0 Å². The number of ether oxygens (including phenoxy) is 1. The summed E-state index contributed by atoms with van der Waals surface area (Å²) >= 11 is 5.66. The van der Waals surface area contributed by atoms with Gasteiger partial charge in [0.05, 0.1) is 12.1 Å². The SMILES string of the molecule is CNCCC(=O)NCCOc1ncc(C(F)(F)F)cc1Cl. The van der Waals surface area contributed by atoms with Gasteiger partial charge >= 0.3 is 6.18 Å². The Kier molecular flexibility index (Phi) is 6.70. The van der Waals surface area contributed by atoms with E-state index in [-0.39, 0.29) is 30.0 Å². The van der Waals surface area contributed by atoms with Crippen LogP contribution in [0.1, 0.15) is 12.0 Å². The lowest BCUT2D eigenvalue weighted by atomic mass is 10.3. The lowest BCUT2D eigenvalue weighted by molar-refractivity contribution is -0.137. The first-order valence-corrected chi connectivity index (χ1v) is 6.49. The van der Waals surface area contributed by atoms with Crippen molar-refractivity contribution in [2.24, 2.45) is 0 Å². The predicted octanol–water partition coefficient (Wildman–Crippen LogP) is 1.86. The molecule has 0 atom stereocenters. The quantitative estimate of drug-likeness (QED) is 0.751. The molecule has 0 fully saturated rings. The van der Waals surface area contributed by atoms with E-state index in [0.29, 0.717) is 19.2 Å². The van der Waals surface area contributed by atoms with Gasteiger partial charge < -0.3 is 15.4 Å². The summed E-state index contributed by atoms with van der Waals surface area (Å²) in [5, 5.41) is 5.19. The summed E-state index contributed by atoms with van der Waals surface area (Å²) in [5.41, 5.74) is -0.944. The van der Waals surface area contributed by atoms with Crippen LogP contribution in [0.15, 0.2) is 12.3 Å². The predicted molar refractivity (Wildman–Crippen MR) is 71.3 cm³/mol. The first kappa shape index (κ1) is 17.5. The summed E-state index contributed by atoms with van der Waals surface area (Å²) in [6.45, 7) is 0.823. The van der Waals surface area contributed by atoms with E-state index in [9.17, 15) is 18.0 Å². The van der Waals surface area contributed by atoms with Gasteiger partial charge in [0.25, 0.3) is 0 Å². The van der Waals surface area contributed by atoms with Crippen molar-refractivity contribution in [2.75, 3.05) is 26.7 Å². The Morgan fingerprint density at radius 1 is 1.43 bits per heavy atom. The van der Waals surface area contributed by atoms with Crippen molar-refractivity contribution in [1.82, 2.24) is 15.6 Å². The second-order valence-electron chi connectivity index (χ2n) is 4.06. The van der Waals surface area contributed by atoms with Crippen LogP contribution in [-0.4, -0.2) is 37.6 Å². The normalized spacial score (nSPS) is 11.3. The van der Waals surface area contributed by atoms with Crippen molar-refractivity contribution >= 4 is 17.5 Å². The molecule has 0 spiro atoms. The second kappa shape index (κ2) is 8.04. The molecule has 1 amide bonds. The molecular formula is C12H15ClF3N3O2. The maximum Gasteiger partial charge on any atom is 0.417 e. The highest BCUT2D eigenvalue weighted by atomic mass is 35.5. The molecule has 0 radical (unpaired) electrons. The largest absolute Gasteiger partial charge is 0.475 e. The van der Waals surface area contributed by atoms with Crippen molar-refractivity contribution in [2.45, 2.75) is 12.6 Å². The number of aromatic nitrogens is 1.